The predicted molar refractivity (Wildman–Crippen MR) is 48.1 cm³/mol. The highest BCUT2D eigenvalue weighted by Crippen LogP contribution is 1.96. The molecule has 0 aliphatic heterocycles. The molecule has 0 radical (unpaired) electrons. The number of H-pyrrole nitrogens is 1. The number of thioether (sulfide) groups is 1. The van der Waals surface area contributed by atoms with Gasteiger partial charge in [-0.25, -0.2) is 4.79 Å². The van der Waals surface area contributed by atoms with E-state index >= 15 is 0 Å². The second kappa shape index (κ2) is 4.28. The van der Waals surface area contributed by atoms with Gasteiger partial charge in [-0.05, 0) is 18.4 Å². The Balaban J connectivity index is 2.39. The van der Waals surface area contributed by atoms with E-state index in [1.165, 1.54) is 0 Å². The van der Waals surface area contributed by atoms with E-state index in [1.807, 2.05) is 0 Å². The summed E-state index contributed by atoms with van der Waals surface area (Å²) in [4.78, 5) is 13.5. The Bertz CT molecular complexity index is 253. The summed E-state index contributed by atoms with van der Waals surface area (Å²) in [5, 5.41) is 0. The van der Waals surface area contributed by atoms with Crippen molar-refractivity contribution in [2.75, 3.05) is 12.0 Å². The van der Waals surface area contributed by atoms with Gasteiger partial charge < -0.3 is 4.98 Å². The molecule has 0 aliphatic rings. The second-order valence-corrected chi connectivity index (χ2v) is 3.29. The van der Waals surface area contributed by atoms with E-state index in [0.717, 1.165) is 18.7 Å². The lowest BCUT2D eigenvalue weighted by Crippen LogP contribution is -2.16. The van der Waals surface area contributed by atoms with Crippen LogP contribution >= 0.6 is 11.8 Å². The maximum atomic E-state index is 10.9. The summed E-state index contributed by atoms with van der Waals surface area (Å²) in [5.41, 5.74) is -0.00824. The summed E-state index contributed by atoms with van der Waals surface area (Å²) in [6, 6.07) is 0. The molecule has 0 spiro atoms. The third kappa shape index (κ3) is 2.46. The summed E-state index contributed by atoms with van der Waals surface area (Å²) in [7, 11) is 0. The van der Waals surface area contributed by atoms with Gasteiger partial charge in [0.05, 0.1) is 0 Å². The van der Waals surface area contributed by atoms with Gasteiger partial charge in [0.25, 0.3) is 0 Å². The monoisotopic (exact) mass is 172 g/mol. The molecule has 0 saturated carbocycles. The van der Waals surface area contributed by atoms with Gasteiger partial charge in [-0.15, -0.1) is 0 Å². The molecule has 1 aromatic heterocycles. The number of hydrogen-bond donors (Lipinski definition) is 1. The van der Waals surface area contributed by atoms with Gasteiger partial charge in [-0.2, -0.15) is 11.8 Å². The van der Waals surface area contributed by atoms with E-state index in [1.54, 1.807) is 28.7 Å². The highest BCUT2D eigenvalue weighted by atomic mass is 32.2. The molecule has 0 fully saturated rings. The van der Waals surface area contributed by atoms with Gasteiger partial charge in [0.2, 0.25) is 0 Å². The quantitative estimate of drug-likeness (QED) is 0.686. The average molecular weight is 172 g/mol. The number of nitrogens with zero attached hydrogens (tertiary/aromatic N) is 1. The largest absolute Gasteiger partial charge is 0.325 e. The lowest BCUT2D eigenvalue weighted by atomic mass is 10.5. The van der Waals surface area contributed by atoms with Crippen LogP contribution in [0.2, 0.25) is 0 Å². The summed E-state index contributed by atoms with van der Waals surface area (Å²) < 4.78 is 1.69. The predicted octanol–water partition coefficient (Wildman–Crippen LogP) is 0.929. The Hall–Kier alpha value is -0.640. The standard InChI is InChI=1S/C7H12N2OS/c1-11-6-2-4-9-5-3-8-7(9)10/h3,5H,2,4,6H2,1H3,(H,8,10). The number of imidazole rings is 1. The molecule has 3 nitrogen and oxygen atoms in total. The number of rotatable bonds is 4. The molecule has 0 saturated heterocycles. The van der Waals surface area contributed by atoms with Gasteiger partial charge in [0, 0.05) is 18.9 Å². The first-order valence-corrected chi connectivity index (χ1v) is 4.96. The molecular formula is C7H12N2OS. The van der Waals surface area contributed by atoms with Crippen molar-refractivity contribution in [1.82, 2.24) is 9.55 Å². The third-order valence-corrected chi connectivity index (χ3v) is 2.17. The van der Waals surface area contributed by atoms with Crippen LogP contribution in [-0.4, -0.2) is 21.6 Å². The molecular weight excluding hydrogens is 160 g/mol. The maximum absolute atomic E-state index is 10.9. The molecule has 1 rings (SSSR count). The molecule has 0 unspecified atom stereocenters. The highest BCUT2D eigenvalue weighted by Gasteiger charge is 1.93. The van der Waals surface area contributed by atoms with Gasteiger partial charge in [-0.3, -0.25) is 4.57 Å². The Labute approximate surface area is 69.8 Å². The first kappa shape index (κ1) is 8.46. The average Bonchev–Trinajstić information content (AvgIpc) is 2.37. The first-order chi connectivity index (χ1) is 5.34. The summed E-state index contributed by atoms with van der Waals surface area (Å²) in [6.45, 7) is 0.823. The van der Waals surface area contributed by atoms with Crippen LogP contribution < -0.4 is 5.69 Å². The minimum Gasteiger partial charge on any atom is -0.313 e. The van der Waals surface area contributed by atoms with Crippen molar-refractivity contribution in [3.05, 3.63) is 22.9 Å². The minimum absolute atomic E-state index is 0.00824. The van der Waals surface area contributed by atoms with Crippen molar-refractivity contribution in [2.24, 2.45) is 0 Å². The second-order valence-electron chi connectivity index (χ2n) is 2.30. The molecule has 4 heteroatoms. The Morgan fingerprint density at radius 2 is 2.55 bits per heavy atom. The number of hydrogen-bond acceptors (Lipinski definition) is 2. The number of nitrogens with one attached hydrogen (secondary N) is 1. The van der Waals surface area contributed by atoms with Crippen molar-refractivity contribution < 1.29 is 0 Å². The van der Waals surface area contributed by atoms with E-state index in [2.05, 4.69) is 11.2 Å². The van der Waals surface area contributed by atoms with Gasteiger partial charge in [-0.1, -0.05) is 0 Å². The molecule has 1 heterocycles. The maximum Gasteiger partial charge on any atom is 0.325 e. The van der Waals surface area contributed by atoms with E-state index in [0.29, 0.717) is 0 Å². The molecule has 0 amide bonds. The van der Waals surface area contributed by atoms with Gasteiger partial charge in [0.1, 0.15) is 0 Å². The zero-order chi connectivity index (χ0) is 8.10. The van der Waals surface area contributed by atoms with Crippen LogP contribution in [0.1, 0.15) is 6.42 Å². The van der Waals surface area contributed by atoms with Crippen LogP contribution in [-0.2, 0) is 6.54 Å². The Morgan fingerprint density at radius 3 is 3.09 bits per heavy atom. The fourth-order valence-electron chi connectivity index (χ4n) is 0.904. The van der Waals surface area contributed by atoms with Crippen molar-refractivity contribution >= 4 is 11.8 Å². The van der Waals surface area contributed by atoms with E-state index < -0.39 is 0 Å². The Kier molecular flexibility index (Phi) is 3.29. The van der Waals surface area contributed by atoms with E-state index in [9.17, 15) is 4.79 Å². The van der Waals surface area contributed by atoms with E-state index in [4.69, 9.17) is 0 Å². The molecule has 11 heavy (non-hydrogen) atoms. The number of aromatic amines is 1. The van der Waals surface area contributed by atoms with Crippen molar-refractivity contribution in [1.29, 1.82) is 0 Å². The first-order valence-electron chi connectivity index (χ1n) is 3.57. The summed E-state index contributed by atoms with van der Waals surface area (Å²) in [5.74, 6) is 1.11. The normalized spacial score (nSPS) is 10.3. The molecule has 0 atom stereocenters. The van der Waals surface area contributed by atoms with Crippen LogP contribution in [0.25, 0.3) is 0 Å². The number of aryl methyl sites for hydroxylation is 1. The van der Waals surface area contributed by atoms with Crippen LogP contribution in [0.4, 0.5) is 0 Å². The van der Waals surface area contributed by atoms with Crippen LogP contribution in [0.15, 0.2) is 17.2 Å². The molecule has 0 bridgehead atoms. The van der Waals surface area contributed by atoms with Gasteiger partial charge in [0.15, 0.2) is 0 Å². The molecule has 1 aromatic rings. The topological polar surface area (TPSA) is 37.8 Å². The van der Waals surface area contributed by atoms with Crippen LogP contribution in [0, 0.1) is 0 Å². The lowest BCUT2D eigenvalue weighted by molar-refractivity contribution is 0.661. The van der Waals surface area contributed by atoms with Crippen LogP contribution in [0.3, 0.4) is 0 Å². The van der Waals surface area contributed by atoms with Gasteiger partial charge >= 0.3 is 5.69 Å². The molecule has 62 valence electrons. The minimum atomic E-state index is -0.00824. The van der Waals surface area contributed by atoms with E-state index in [-0.39, 0.29) is 5.69 Å². The third-order valence-electron chi connectivity index (χ3n) is 1.47. The highest BCUT2D eigenvalue weighted by molar-refractivity contribution is 7.98. The molecule has 1 N–H and O–H groups in total. The zero-order valence-electron chi connectivity index (χ0n) is 6.54. The molecule has 0 aliphatic carbocycles. The van der Waals surface area contributed by atoms with Crippen LogP contribution in [0.5, 0.6) is 0 Å². The van der Waals surface area contributed by atoms with Crippen molar-refractivity contribution in [3.8, 4) is 0 Å². The summed E-state index contributed by atoms with van der Waals surface area (Å²) in [6.07, 6.45) is 6.57. The summed E-state index contributed by atoms with van der Waals surface area (Å²) >= 11 is 1.80. The zero-order valence-corrected chi connectivity index (χ0v) is 7.36. The fraction of sp³-hybridized carbons (Fsp3) is 0.571. The Morgan fingerprint density at radius 1 is 1.73 bits per heavy atom. The SMILES string of the molecule is CSCCCn1cc[nH]c1=O. The van der Waals surface area contributed by atoms with Crippen molar-refractivity contribution in [2.45, 2.75) is 13.0 Å². The number of aromatic nitrogens is 2. The smallest absolute Gasteiger partial charge is 0.313 e. The molecule has 0 aromatic carbocycles. The fourth-order valence-corrected chi connectivity index (χ4v) is 1.32. The lowest BCUT2D eigenvalue weighted by Gasteiger charge is -1.97. The van der Waals surface area contributed by atoms with Crippen molar-refractivity contribution in [3.63, 3.8) is 0 Å².